The molecule has 0 unspecified atom stereocenters. The van der Waals surface area contributed by atoms with Crippen molar-refractivity contribution in [3.63, 3.8) is 0 Å². The van der Waals surface area contributed by atoms with Gasteiger partial charge in [0, 0.05) is 43.1 Å². The van der Waals surface area contributed by atoms with E-state index < -0.39 is 17.3 Å². The average Bonchev–Trinajstić information content (AvgIpc) is 2.88. The Morgan fingerprint density at radius 2 is 1.42 bits per heavy atom. The molecule has 9 heteroatoms. The highest BCUT2D eigenvalue weighted by atomic mass is 19.4. The van der Waals surface area contributed by atoms with Gasteiger partial charge in [0.15, 0.2) is 0 Å². The summed E-state index contributed by atoms with van der Waals surface area (Å²) in [7, 11) is 0. The summed E-state index contributed by atoms with van der Waals surface area (Å²) in [4.78, 5) is 29.2. The third-order valence-electron chi connectivity index (χ3n) is 6.12. The Hall–Kier alpha value is -4.01. The van der Waals surface area contributed by atoms with E-state index in [1.54, 1.807) is 41.3 Å². The van der Waals surface area contributed by atoms with Crippen molar-refractivity contribution in [3.05, 3.63) is 83.9 Å². The van der Waals surface area contributed by atoms with Crippen LogP contribution in [-0.2, 0) is 10.9 Å². The second kappa shape index (κ2) is 10.8. The number of hydrogen-bond donors (Lipinski definition) is 1. The van der Waals surface area contributed by atoms with Crippen LogP contribution in [0.2, 0.25) is 0 Å². The molecule has 2 amide bonds. The lowest BCUT2D eigenvalue weighted by molar-refractivity contribution is -0.137. The van der Waals surface area contributed by atoms with Crippen molar-refractivity contribution < 1.29 is 27.5 Å². The van der Waals surface area contributed by atoms with Gasteiger partial charge < -0.3 is 19.9 Å². The number of carbonyl (C=O) groups excluding carboxylic acids is 2. The normalized spacial score (nSPS) is 14.3. The Kier molecular flexibility index (Phi) is 7.66. The maximum Gasteiger partial charge on any atom is 0.416 e. The number of rotatable bonds is 4. The summed E-state index contributed by atoms with van der Waals surface area (Å²) in [6, 6.07) is 19.0. The van der Waals surface area contributed by atoms with Crippen LogP contribution in [0.5, 0.6) is 0 Å². The summed E-state index contributed by atoms with van der Waals surface area (Å²) in [6.45, 7) is 7.94. The minimum absolute atomic E-state index is 0.313. The molecular formula is C29H30F3N3O3. The SMILES string of the molecule is CC(C)(C)OC(=O)N1CCN(c2ccc(NC(=O)c3ccccc3-c3ccc(C(F)(F)F)cc3)cc2)CC1. The number of nitrogens with zero attached hydrogens (tertiary/aromatic N) is 2. The first kappa shape index (κ1) is 27.0. The summed E-state index contributed by atoms with van der Waals surface area (Å²) in [5.41, 5.74) is 1.70. The molecule has 0 aromatic heterocycles. The van der Waals surface area contributed by atoms with Crippen LogP contribution < -0.4 is 10.2 Å². The minimum Gasteiger partial charge on any atom is -0.444 e. The fourth-order valence-electron chi connectivity index (χ4n) is 4.20. The van der Waals surface area contributed by atoms with Crippen LogP contribution in [0.1, 0.15) is 36.7 Å². The second-order valence-electron chi connectivity index (χ2n) is 10.1. The van der Waals surface area contributed by atoms with Gasteiger partial charge in [-0.25, -0.2) is 4.79 Å². The standard InChI is InChI=1S/C29H30F3N3O3/c1-28(2,3)38-27(37)35-18-16-34(17-19-35)23-14-12-22(13-15-23)33-26(36)25-7-5-4-6-24(25)20-8-10-21(11-9-20)29(30,31)32/h4-15H,16-19H2,1-3H3,(H,33,36). The molecule has 6 nitrogen and oxygen atoms in total. The van der Waals surface area contributed by atoms with E-state index in [9.17, 15) is 22.8 Å². The topological polar surface area (TPSA) is 61.9 Å². The fraction of sp³-hybridized carbons (Fsp3) is 0.310. The van der Waals surface area contributed by atoms with Crippen molar-refractivity contribution in [2.45, 2.75) is 32.5 Å². The number of carbonyl (C=O) groups is 2. The Labute approximate surface area is 220 Å². The van der Waals surface area contributed by atoms with Crippen molar-refractivity contribution in [2.75, 3.05) is 36.4 Å². The van der Waals surface area contributed by atoms with Gasteiger partial charge in [0.25, 0.3) is 5.91 Å². The summed E-state index contributed by atoms with van der Waals surface area (Å²) in [6.07, 6.45) is -4.74. The molecule has 1 aliphatic heterocycles. The number of amides is 2. The Bertz CT molecular complexity index is 1280. The minimum atomic E-state index is -4.42. The van der Waals surface area contributed by atoms with Gasteiger partial charge in [0.05, 0.1) is 5.56 Å². The maximum atomic E-state index is 13.1. The largest absolute Gasteiger partial charge is 0.444 e. The average molecular weight is 526 g/mol. The number of benzene rings is 3. The molecule has 1 heterocycles. The maximum absolute atomic E-state index is 13.1. The summed E-state index contributed by atoms with van der Waals surface area (Å²) < 4.78 is 44.2. The lowest BCUT2D eigenvalue weighted by Gasteiger charge is -2.36. The van der Waals surface area contributed by atoms with Crippen molar-refractivity contribution >= 4 is 23.4 Å². The summed E-state index contributed by atoms with van der Waals surface area (Å²) in [5.74, 6) is -0.362. The molecule has 1 fully saturated rings. The van der Waals surface area contributed by atoms with Gasteiger partial charge in [0.1, 0.15) is 5.60 Å². The van der Waals surface area contributed by atoms with Crippen LogP contribution in [0.15, 0.2) is 72.8 Å². The van der Waals surface area contributed by atoms with Crippen molar-refractivity contribution in [1.29, 1.82) is 0 Å². The van der Waals surface area contributed by atoms with E-state index in [-0.39, 0.29) is 12.0 Å². The van der Waals surface area contributed by atoms with Gasteiger partial charge in [-0.2, -0.15) is 13.2 Å². The van der Waals surface area contributed by atoms with Crippen molar-refractivity contribution in [2.24, 2.45) is 0 Å². The lowest BCUT2D eigenvalue weighted by atomic mass is 9.98. The van der Waals surface area contributed by atoms with Gasteiger partial charge in [-0.1, -0.05) is 30.3 Å². The van der Waals surface area contributed by atoms with Crippen molar-refractivity contribution in [3.8, 4) is 11.1 Å². The van der Waals surface area contributed by atoms with Gasteiger partial charge in [-0.05, 0) is 74.4 Å². The summed E-state index contributed by atoms with van der Waals surface area (Å²) in [5, 5.41) is 2.87. The molecule has 3 aromatic carbocycles. The smallest absolute Gasteiger partial charge is 0.416 e. The van der Waals surface area contributed by atoms with Crippen LogP contribution in [0, 0.1) is 0 Å². The first-order chi connectivity index (χ1) is 17.9. The van der Waals surface area contributed by atoms with Gasteiger partial charge in [0.2, 0.25) is 0 Å². The lowest BCUT2D eigenvalue weighted by Crippen LogP contribution is -2.50. The molecule has 3 aromatic rings. The van der Waals surface area contributed by atoms with Crippen LogP contribution in [0.4, 0.5) is 29.3 Å². The number of ether oxygens (including phenoxy) is 1. The van der Waals surface area contributed by atoms with Crippen LogP contribution in [-0.4, -0.2) is 48.7 Å². The highest BCUT2D eigenvalue weighted by Crippen LogP contribution is 2.32. The molecule has 0 bridgehead atoms. The van der Waals surface area contributed by atoms with E-state index in [2.05, 4.69) is 10.2 Å². The van der Waals surface area contributed by atoms with E-state index in [1.165, 1.54) is 12.1 Å². The number of halogens is 3. The molecule has 0 aliphatic carbocycles. The monoisotopic (exact) mass is 525 g/mol. The highest BCUT2D eigenvalue weighted by Gasteiger charge is 2.30. The van der Waals surface area contributed by atoms with Crippen LogP contribution >= 0.6 is 0 Å². The van der Waals surface area contributed by atoms with E-state index in [0.717, 1.165) is 17.8 Å². The first-order valence-corrected chi connectivity index (χ1v) is 12.3. The van der Waals surface area contributed by atoms with Gasteiger partial charge in [-0.3, -0.25) is 4.79 Å². The molecule has 1 N–H and O–H groups in total. The zero-order valence-electron chi connectivity index (χ0n) is 21.5. The van der Waals surface area contributed by atoms with Gasteiger partial charge >= 0.3 is 12.3 Å². The zero-order chi connectivity index (χ0) is 27.5. The second-order valence-corrected chi connectivity index (χ2v) is 10.1. The van der Waals surface area contributed by atoms with Crippen molar-refractivity contribution in [1.82, 2.24) is 4.90 Å². The molecule has 0 radical (unpaired) electrons. The molecule has 1 aliphatic rings. The number of anilines is 2. The van der Waals surface area contributed by atoms with E-state index in [1.807, 2.05) is 32.9 Å². The Morgan fingerprint density at radius 1 is 0.816 bits per heavy atom. The van der Waals surface area contributed by atoms with Crippen LogP contribution in [0.25, 0.3) is 11.1 Å². The molecule has 38 heavy (non-hydrogen) atoms. The predicted octanol–water partition coefficient (Wildman–Crippen LogP) is 6.68. The van der Waals surface area contributed by atoms with Crippen LogP contribution in [0.3, 0.4) is 0 Å². The molecule has 1 saturated heterocycles. The summed E-state index contributed by atoms with van der Waals surface area (Å²) >= 11 is 0. The highest BCUT2D eigenvalue weighted by molar-refractivity contribution is 6.08. The Morgan fingerprint density at radius 3 is 2.00 bits per heavy atom. The predicted molar refractivity (Wildman–Crippen MR) is 141 cm³/mol. The number of alkyl halides is 3. The van der Waals surface area contributed by atoms with Gasteiger partial charge in [-0.15, -0.1) is 0 Å². The van der Waals surface area contributed by atoms with E-state index >= 15 is 0 Å². The number of nitrogens with one attached hydrogen (secondary N) is 1. The molecule has 0 atom stereocenters. The Balaban J connectivity index is 1.39. The number of hydrogen-bond acceptors (Lipinski definition) is 4. The molecular weight excluding hydrogens is 495 g/mol. The fourth-order valence-corrected chi connectivity index (χ4v) is 4.20. The first-order valence-electron chi connectivity index (χ1n) is 12.3. The molecule has 4 rings (SSSR count). The molecule has 200 valence electrons. The third kappa shape index (κ3) is 6.65. The quantitative estimate of drug-likeness (QED) is 0.413. The van der Waals surface area contributed by atoms with E-state index in [0.29, 0.717) is 48.6 Å². The number of piperazine rings is 1. The van der Waals surface area contributed by atoms with E-state index in [4.69, 9.17) is 4.74 Å². The zero-order valence-corrected chi connectivity index (χ0v) is 21.5. The molecule has 0 saturated carbocycles. The third-order valence-corrected chi connectivity index (χ3v) is 6.12. The molecule has 0 spiro atoms.